The molecule has 0 radical (unpaired) electrons. The Morgan fingerprint density at radius 2 is 1.85 bits per heavy atom. The molecule has 1 saturated heterocycles. The van der Waals surface area contributed by atoms with Crippen LogP contribution in [0.2, 0.25) is 0 Å². The summed E-state index contributed by atoms with van der Waals surface area (Å²) in [5.74, 6) is 2.23. The molecule has 2 aliphatic rings. The van der Waals surface area contributed by atoms with Crippen molar-refractivity contribution in [1.82, 2.24) is 4.90 Å². The molecule has 0 aromatic heterocycles. The molecule has 0 bridgehead atoms. The predicted octanol–water partition coefficient (Wildman–Crippen LogP) is 3.91. The summed E-state index contributed by atoms with van der Waals surface area (Å²) in [6.07, 6.45) is 2.68. The van der Waals surface area contributed by atoms with E-state index in [0.29, 0.717) is 31.3 Å². The van der Waals surface area contributed by atoms with Gasteiger partial charge in [0, 0.05) is 18.5 Å². The summed E-state index contributed by atoms with van der Waals surface area (Å²) in [6, 6.07) is 16.2. The maximum atomic E-state index is 12.5. The van der Waals surface area contributed by atoms with E-state index in [1.165, 1.54) is 12.0 Å². The van der Waals surface area contributed by atoms with Crippen molar-refractivity contribution in [1.29, 1.82) is 0 Å². The van der Waals surface area contributed by atoms with Crippen molar-refractivity contribution in [2.24, 2.45) is 0 Å². The number of ketones is 1. The minimum absolute atomic E-state index is 0.181. The number of hydrogen-bond donors (Lipinski definition) is 0. The van der Waals surface area contributed by atoms with Gasteiger partial charge in [0.15, 0.2) is 17.3 Å². The first-order valence-electron chi connectivity index (χ1n) is 9.50. The number of rotatable bonds is 6. The summed E-state index contributed by atoms with van der Waals surface area (Å²) in [7, 11) is 0. The monoisotopic (exact) mass is 351 g/mol. The summed E-state index contributed by atoms with van der Waals surface area (Å²) < 4.78 is 11.1. The van der Waals surface area contributed by atoms with Crippen LogP contribution in [0.1, 0.15) is 41.1 Å². The Morgan fingerprint density at radius 3 is 2.69 bits per heavy atom. The number of carbonyl (C=O) groups excluding carboxylic acids is 1. The van der Waals surface area contributed by atoms with E-state index in [9.17, 15) is 4.79 Å². The lowest BCUT2D eigenvalue weighted by molar-refractivity contribution is 0.0975. The fourth-order valence-electron chi connectivity index (χ4n) is 3.86. The summed E-state index contributed by atoms with van der Waals surface area (Å²) in [6.45, 7) is 4.32. The van der Waals surface area contributed by atoms with Crippen LogP contribution in [0, 0.1) is 0 Å². The van der Waals surface area contributed by atoms with Crippen molar-refractivity contribution in [3.05, 3.63) is 59.7 Å². The number of nitrogens with zero attached hydrogens (tertiary/aromatic N) is 1. The van der Waals surface area contributed by atoms with Crippen molar-refractivity contribution >= 4 is 5.78 Å². The molecule has 4 nitrogen and oxygen atoms in total. The molecule has 0 aliphatic carbocycles. The average molecular weight is 351 g/mol. The third kappa shape index (κ3) is 3.91. The van der Waals surface area contributed by atoms with Crippen LogP contribution in [0.3, 0.4) is 0 Å². The minimum atomic E-state index is 0.181. The van der Waals surface area contributed by atoms with Gasteiger partial charge in [0.2, 0.25) is 0 Å². The molecule has 26 heavy (non-hydrogen) atoms. The highest BCUT2D eigenvalue weighted by Crippen LogP contribution is 2.31. The number of hydrogen-bond acceptors (Lipinski definition) is 4. The molecule has 0 N–H and O–H groups in total. The van der Waals surface area contributed by atoms with Gasteiger partial charge in [-0.25, -0.2) is 0 Å². The first-order chi connectivity index (χ1) is 12.8. The fourth-order valence-corrected chi connectivity index (χ4v) is 3.86. The zero-order valence-corrected chi connectivity index (χ0v) is 15.0. The number of ether oxygens (including phenoxy) is 2. The first-order valence-corrected chi connectivity index (χ1v) is 9.50. The lowest BCUT2D eigenvalue weighted by Gasteiger charge is -2.19. The van der Waals surface area contributed by atoms with E-state index in [1.807, 2.05) is 18.2 Å². The van der Waals surface area contributed by atoms with E-state index in [4.69, 9.17) is 9.47 Å². The van der Waals surface area contributed by atoms with Gasteiger partial charge in [-0.2, -0.15) is 0 Å². The summed E-state index contributed by atoms with van der Waals surface area (Å²) in [4.78, 5) is 15.0. The number of fused-ring (bicyclic) bond motifs is 1. The molecule has 0 spiro atoms. The number of Topliss-reactive ketones (excluding diaryl/α,β-unsaturated/α-hetero) is 1. The summed E-state index contributed by atoms with van der Waals surface area (Å²) in [5.41, 5.74) is 2.15. The van der Waals surface area contributed by atoms with Crippen LogP contribution in [-0.4, -0.2) is 43.5 Å². The Labute approximate surface area is 154 Å². The van der Waals surface area contributed by atoms with Gasteiger partial charge in [0.05, 0.1) is 0 Å². The van der Waals surface area contributed by atoms with Crippen LogP contribution in [0.15, 0.2) is 48.5 Å². The molecule has 0 saturated carbocycles. The van der Waals surface area contributed by atoms with E-state index in [2.05, 4.69) is 35.2 Å². The van der Waals surface area contributed by atoms with E-state index >= 15 is 0 Å². The van der Waals surface area contributed by atoms with Crippen molar-refractivity contribution in [3.63, 3.8) is 0 Å². The lowest BCUT2D eigenvalue weighted by atomic mass is 9.99. The Balaban J connectivity index is 1.25. The normalized spacial score (nSPS) is 19.5. The smallest absolute Gasteiger partial charge is 0.163 e. The molecule has 2 aromatic carbocycles. The van der Waals surface area contributed by atoms with Gasteiger partial charge < -0.3 is 14.4 Å². The Bertz CT molecular complexity index is 759. The quantitative estimate of drug-likeness (QED) is 0.740. The van der Waals surface area contributed by atoms with Crippen LogP contribution in [0.5, 0.6) is 11.5 Å². The summed E-state index contributed by atoms with van der Waals surface area (Å²) >= 11 is 0. The molecule has 4 rings (SSSR count). The zero-order chi connectivity index (χ0) is 17.8. The molecule has 0 amide bonds. The van der Waals surface area contributed by atoms with Gasteiger partial charge in [-0.3, -0.25) is 4.79 Å². The molecule has 2 heterocycles. The second kappa shape index (κ2) is 7.92. The highest BCUT2D eigenvalue weighted by molar-refractivity contribution is 5.96. The van der Waals surface area contributed by atoms with Crippen LogP contribution < -0.4 is 9.47 Å². The average Bonchev–Trinajstić information content (AvgIpc) is 3.17. The second-order valence-corrected chi connectivity index (χ2v) is 7.08. The molecule has 1 fully saturated rings. The molecule has 1 atom stereocenters. The maximum Gasteiger partial charge on any atom is 0.163 e. The molecular formula is C22H25NO3. The van der Waals surface area contributed by atoms with E-state index < -0.39 is 0 Å². The Kier molecular flexibility index (Phi) is 5.21. The molecule has 0 unspecified atom stereocenters. The molecule has 4 heteroatoms. The Hall–Kier alpha value is -2.33. The second-order valence-electron chi connectivity index (χ2n) is 7.08. The number of benzene rings is 2. The standard InChI is InChI=1S/C22H25NO3/c24-20(18-8-9-21-22(15-18)26-14-13-25-21)7-4-11-23-12-10-19(16-23)17-5-2-1-3-6-17/h1-3,5-6,8-9,15,19H,4,7,10-14,16H2/t19-/m1/s1. The van der Waals surface area contributed by atoms with Crippen molar-refractivity contribution in [3.8, 4) is 11.5 Å². The maximum absolute atomic E-state index is 12.5. The topological polar surface area (TPSA) is 38.8 Å². The highest BCUT2D eigenvalue weighted by atomic mass is 16.6. The highest BCUT2D eigenvalue weighted by Gasteiger charge is 2.23. The van der Waals surface area contributed by atoms with Gasteiger partial charge in [0.1, 0.15) is 13.2 Å². The van der Waals surface area contributed by atoms with E-state index in [0.717, 1.165) is 37.4 Å². The van der Waals surface area contributed by atoms with Crippen LogP contribution in [0.4, 0.5) is 0 Å². The van der Waals surface area contributed by atoms with Gasteiger partial charge in [-0.15, -0.1) is 0 Å². The van der Waals surface area contributed by atoms with E-state index in [1.54, 1.807) is 0 Å². The van der Waals surface area contributed by atoms with Crippen LogP contribution >= 0.6 is 0 Å². The van der Waals surface area contributed by atoms with E-state index in [-0.39, 0.29) is 5.78 Å². The third-order valence-electron chi connectivity index (χ3n) is 5.29. The first kappa shape index (κ1) is 17.1. The Morgan fingerprint density at radius 1 is 1.04 bits per heavy atom. The number of carbonyl (C=O) groups is 1. The minimum Gasteiger partial charge on any atom is -0.486 e. The van der Waals surface area contributed by atoms with Crippen molar-refractivity contribution < 1.29 is 14.3 Å². The van der Waals surface area contributed by atoms with Gasteiger partial charge in [-0.05, 0) is 55.6 Å². The molecular weight excluding hydrogens is 326 g/mol. The van der Waals surface area contributed by atoms with Gasteiger partial charge in [0.25, 0.3) is 0 Å². The zero-order valence-electron chi connectivity index (χ0n) is 15.0. The predicted molar refractivity (Wildman–Crippen MR) is 101 cm³/mol. The largest absolute Gasteiger partial charge is 0.486 e. The van der Waals surface area contributed by atoms with Crippen molar-refractivity contribution in [2.75, 3.05) is 32.8 Å². The van der Waals surface area contributed by atoms with Crippen LogP contribution in [-0.2, 0) is 0 Å². The lowest BCUT2D eigenvalue weighted by Crippen LogP contribution is -2.22. The van der Waals surface area contributed by atoms with Crippen molar-refractivity contribution in [2.45, 2.75) is 25.2 Å². The van der Waals surface area contributed by atoms with Gasteiger partial charge in [-0.1, -0.05) is 30.3 Å². The summed E-state index contributed by atoms with van der Waals surface area (Å²) in [5, 5.41) is 0. The molecule has 2 aliphatic heterocycles. The SMILES string of the molecule is O=C(CCCN1CC[C@@H](c2ccccc2)C1)c1ccc2c(c1)OCCO2. The van der Waals surface area contributed by atoms with Crippen LogP contribution in [0.25, 0.3) is 0 Å². The molecule has 136 valence electrons. The molecule has 2 aromatic rings. The fraction of sp³-hybridized carbons (Fsp3) is 0.409. The van der Waals surface area contributed by atoms with Gasteiger partial charge >= 0.3 is 0 Å². The third-order valence-corrected chi connectivity index (χ3v) is 5.29. The number of likely N-dealkylation sites (tertiary alicyclic amines) is 1.